The van der Waals surface area contributed by atoms with E-state index in [4.69, 9.17) is 31.8 Å². The summed E-state index contributed by atoms with van der Waals surface area (Å²) < 4.78 is 22.7. The molecule has 0 aromatic heterocycles. The number of ether oxygens (including phenoxy) is 4. The van der Waals surface area contributed by atoms with Gasteiger partial charge in [-0.15, -0.1) is 12.8 Å². The number of hydrogen-bond donors (Lipinski definition) is 0. The van der Waals surface area contributed by atoms with E-state index in [1.54, 1.807) is 36.4 Å². The molecule has 0 atom stereocenters. The van der Waals surface area contributed by atoms with Crippen LogP contribution in [0.4, 0.5) is 0 Å². The molecule has 0 fully saturated rings. The van der Waals surface area contributed by atoms with Gasteiger partial charge in [-0.3, -0.25) is 0 Å². The zero-order valence-electron chi connectivity index (χ0n) is 30.4. The van der Waals surface area contributed by atoms with Gasteiger partial charge in [0.25, 0.3) is 0 Å². The second kappa shape index (κ2) is 17.1. The van der Waals surface area contributed by atoms with Crippen LogP contribution in [0.25, 0.3) is 43.1 Å². The SMILES string of the molecule is C#Cc1cc(C(=O)OCCCC)c2c(C(=O)OCCCC)ccc3c4c(C#C)cc(C(=O)OCCCC)c5c(C(=O)OCCCC)ccc(c1c23)c54. The lowest BCUT2D eigenvalue weighted by atomic mass is 9.81. The van der Waals surface area contributed by atoms with Crippen LogP contribution in [0.3, 0.4) is 0 Å². The Hall–Kier alpha value is -5.60. The van der Waals surface area contributed by atoms with E-state index < -0.39 is 23.9 Å². The molecule has 8 heteroatoms. The lowest BCUT2D eigenvalue weighted by Crippen LogP contribution is -2.14. The van der Waals surface area contributed by atoms with Gasteiger partial charge in [0.15, 0.2) is 0 Å². The third-order valence-corrected chi connectivity index (χ3v) is 9.22. The van der Waals surface area contributed by atoms with Crippen LogP contribution in [-0.2, 0) is 18.9 Å². The number of fused-ring (bicyclic) bond motifs is 2. The number of carbonyl (C=O) groups is 4. The van der Waals surface area contributed by atoms with E-state index in [9.17, 15) is 19.2 Å². The average Bonchev–Trinajstić information content (AvgIpc) is 3.15. The van der Waals surface area contributed by atoms with Crippen LogP contribution in [0.2, 0.25) is 0 Å². The van der Waals surface area contributed by atoms with Gasteiger partial charge in [0.2, 0.25) is 0 Å². The summed E-state index contributed by atoms with van der Waals surface area (Å²) in [6.45, 7) is 8.78. The summed E-state index contributed by atoms with van der Waals surface area (Å²) in [6, 6.07) is 9.85. The van der Waals surface area contributed by atoms with Crippen molar-refractivity contribution < 1.29 is 38.1 Å². The fourth-order valence-electron chi connectivity index (χ4n) is 6.54. The van der Waals surface area contributed by atoms with Crippen LogP contribution >= 0.6 is 0 Å². The Kier molecular flexibility index (Phi) is 12.4. The van der Waals surface area contributed by atoms with Gasteiger partial charge >= 0.3 is 23.9 Å². The van der Waals surface area contributed by atoms with Crippen LogP contribution in [0.15, 0.2) is 36.4 Å². The van der Waals surface area contributed by atoms with E-state index in [1.165, 1.54) is 0 Å². The van der Waals surface area contributed by atoms with E-state index in [-0.39, 0.29) is 48.7 Å². The third-order valence-electron chi connectivity index (χ3n) is 9.22. The van der Waals surface area contributed by atoms with Crippen LogP contribution < -0.4 is 0 Å². The molecular formula is C44H44O8. The first-order chi connectivity index (χ1) is 25.3. The molecule has 52 heavy (non-hydrogen) atoms. The van der Waals surface area contributed by atoms with E-state index in [2.05, 4.69) is 11.8 Å². The van der Waals surface area contributed by atoms with Crippen molar-refractivity contribution in [3.05, 3.63) is 69.8 Å². The number of esters is 4. The van der Waals surface area contributed by atoms with Crippen molar-refractivity contribution in [3.8, 4) is 24.7 Å². The van der Waals surface area contributed by atoms with E-state index in [0.29, 0.717) is 79.9 Å². The van der Waals surface area contributed by atoms with Crippen molar-refractivity contribution in [3.63, 3.8) is 0 Å². The minimum absolute atomic E-state index is 0.126. The molecule has 0 radical (unpaired) electrons. The van der Waals surface area contributed by atoms with Gasteiger partial charge in [-0.05, 0) is 60.7 Å². The first kappa shape index (κ1) is 37.7. The van der Waals surface area contributed by atoms with Crippen LogP contribution in [0.1, 0.15) is 132 Å². The van der Waals surface area contributed by atoms with Crippen LogP contribution in [-0.4, -0.2) is 50.3 Å². The summed E-state index contributed by atoms with van der Waals surface area (Å²) in [5.74, 6) is 3.07. The Morgan fingerprint density at radius 1 is 0.462 bits per heavy atom. The van der Waals surface area contributed by atoms with Crippen molar-refractivity contribution in [2.45, 2.75) is 79.1 Å². The third kappa shape index (κ3) is 7.12. The highest BCUT2D eigenvalue weighted by Crippen LogP contribution is 2.47. The Morgan fingerprint density at radius 3 is 1.06 bits per heavy atom. The maximum Gasteiger partial charge on any atom is 0.338 e. The minimum atomic E-state index is -0.625. The van der Waals surface area contributed by atoms with Gasteiger partial charge in [0, 0.05) is 43.4 Å². The van der Waals surface area contributed by atoms with Crippen LogP contribution in [0, 0.1) is 24.7 Å². The molecule has 5 aromatic rings. The Labute approximate surface area is 304 Å². The molecule has 0 heterocycles. The molecule has 268 valence electrons. The quantitative estimate of drug-likeness (QED) is 0.0250. The standard InChI is InChI=1S/C44H44O8/c1-7-13-21-49-41(45)31-19-17-29-36-28(12-6)26-34(44(48)52-24-16-10-4)38-32(42(46)50-22-14-8-2)20-18-30(40(36)38)35-27(11-5)25-33(37(31)39(29)35)43(47)51-23-15-9-3/h5-6,17-20,25-26H,7-10,13-16,21-24H2,1-4H3. The van der Waals surface area contributed by atoms with Crippen molar-refractivity contribution >= 4 is 67.0 Å². The Balaban J connectivity index is 1.98. The molecular weight excluding hydrogens is 656 g/mol. The van der Waals surface area contributed by atoms with E-state index >= 15 is 0 Å². The summed E-state index contributed by atoms with van der Waals surface area (Å²) >= 11 is 0. The summed E-state index contributed by atoms with van der Waals surface area (Å²) in [7, 11) is 0. The molecule has 0 N–H and O–H groups in total. The smallest absolute Gasteiger partial charge is 0.338 e. The number of carbonyl (C=O) groups excluding carboxylic acids is 4. The molecule has 8 nitrogen and oxygen atoms in total. The molecule has 5 rings (SSSR count). The van der Waals surface area contributed by atoms with Crippen LogP contribution in [0.5, 0.6) is 0 Å². The monoisotopic (exact) mass is 700 g/mol. The maximum absolute atomic E-state index is 13.8. The van der Waals surface area contributed by atoms with Gasteiger partial charge < -0.3 is 18.9 Å². The summed E-state index contributed by atoms with van der Waals surface area (Å²) in [5.41, 5.74) is 1.32. The van der Waals surface area contributed by atoms with Gasteiger partial charge in [0.05, 0.1) is 48.7 Å². The topological polar surface area (TPSA) is 105 Å². The lowest BCUT2D eigenvalue weighted by Gasteiger charge is -2.22. The summed E-state index contributed by atoms with van der Waals surface area (Å²) in [6.07, 6.45) is 18.3. The first-order valence-corrected chi connectivity index (χ1v) is 18.2. The van der Waals surface area contributed by atoms with E-state index in [0.717, 1.165) is 25.7 Å². The number of unbranched alkanes of at least 4 members (excludes halogenated alkanes) is 4. The molecule has 0 bridgehead atoms. The van der Waals surface area contributed by atoms with Crippen molar-refractivity contribution in [1.29, 1.82) is 0 Å². The lowest BCUT2D eigenvalue weighted by molar-refractivity contribution is 0.0485. The van der Waals surface area contributed by atoms with Crippen molar-refractivity contribution in [2.75, 3.05) is 26.4 Å². The molecule has 0 amide bonds. The van der Waals surface area contributed by atoms with Gasteiger partial charge in [0.1, 0.15) is 0 Å². The highest BCUT2D eigenvalue weighted by Gasteiger charge is 2.30. The molecule has 5 aromatic carbocycles. The highest BCUT2D eigenvalue weighted by molar-refractivity contribution is 6.39. The molecule has 0 aliphatic rings. The molecule has 0 aliphatic carbocycles. The van der Waals surface area contributed by atoms with Gasteiger partial charge in [-0.2, -0.15) is 0 Å². The number of benzene rings is 5. The second-order valence-corrected chi connectivity index (χ2v) is 12.8. The second-order valence-electron chi connectivity index (χ2n) is 12.8. The normalized spacial score (nSPS) is 11.1. The Bertz CT molecular complexity index is 2090. The fraction of sp³-hybridized carbons (Fsp3) is 0.364. The summed E-state index contributed by atoms with van der Waals surface area (Å²) in [4.78, 5) is 55.0. The molecule has 0 spiro atoms. The number of rotatable bonds is 16. The van der Waals surface area contributed by atoms with Crippen molar-refractivity contribution in [1.82, 2.24) is 0 Å². The largest absolute Gasteiger partial charge is 0.462 e. The van der Waals surface area contributed by atoms with E-state index in [1.807, 2.05) is 27.7 Å². The predicted molar refractivity (Wildman–Crippen MR) is 204 cm³/mol. The zero-order valence-corrected chi connectivity index (χ0v) is 30.4. The zero-order chi connectivity index (χ0) is 37.4. The molecule has 0 aliphatic heterocycles. The summed E-state index contributed by atoms with van der Waals surface area (Å²) in [5, 5.41) is 3.91. The molecule has 0 saturated heterocycles. The Morgan fingerprint density at radius 2 is 0.769 bits per heavy atom. The molecule has 0 saturated carbocycles. The number of hydrogen-bond acceptors (Lipinski definition) is 8. The number of terminal acetylenes is 2. The predicted octanol–water partition coefficient (Wildman–Crippen LogP) is 9.53. The highest BCUT2D eigenvalue weighted by atomic mass is 16.5. The van der Waals surface area contributed by atoms with Gasteiger partial charge in [-0.25, -0.2) is 19.2 Å². The van der Waals surface area contributed by atoms with Crippen molar-refractivity contribution in [2.24, 2.45) is 0 Å². The minimum Gasteiger partial charge on any atom is -0.462 e. The maximum atomic E-state index is 13.8. The first-order valence-electron chi connectivity index (χ1n) is 18.2. The average molecular weight is 701 g/mol. The fourth-order valence-corrected chi connectivity index (χ4v) is 6.54. The van der Waals surface area contributed by atoms with Gasteiger partial charge in [-0.1, -0.05) is 77.4 Å². The molecule has 0 unspecified atom stereocenters.